The van der Waals surface area contributed by atoms with Crippen molar-refractivity contribution in [3.8, 4) is 28.8 Å². The van der Waals surface area contributed by atoms with Crippen LogP contribution in [0.4, 0.5) is 11.4 Å². The normalized spacial score (nSPS) is 16.0. The number of aromatic nitrogens is 2. The van der Waals surface area contributed by atoms with Crippen molar-refractivity contribution in [3.05, 3.63) is 153 Å². The first-order chi connectivity index (χ1) is 35.3. The lowest BCUT2D eigenvalue weighted by molar-refractivity contribution is -0.131. The second-order valence-corrected chi connectivity index (χ2v) is 26.6. The number of carbonyl (C=O) groups excluding carboxylic acids is 3. The lowest BCUT2D eigenvalue weighted by Crippen LogP contribution is -2.43. The molecular weight excluding hydrogens is 943 g/mol. The molecule has 0 N–H and O–H groups in total. The van der Waals surface area contributed by atoms with E-state index in [4.69, 9.17) is 13.9 Å². The number of rotatable bonds is 13. The Balaban J connectivity index is 1.03. The number of hydrogen-bond donors (Lipinski definition) is 0. The minimum atomic E-state index is -2.15. The summed E-state index contributed by atoms with van der Waals surface area (Å²) in [5.41, 5.74) is 10.9. The molecule has 3 aliphatic heterocycles. The van der Waals surface area contributed by atoms with Crippen LogP contribution in [-0.2, 0) is 56.0 Å². The van der Waals surface area contributed by atoms with E-state index >= 15 is 9.59 Å². The third kappa shape index (κ3) is 10.6. The Labute approximate surface area is 438 Å². The summed E-state index contributed by atoms with van der Waals surface area (Å²) in [5.74, 6) is 1.17. The zero-order valence-electron chi connectivity index (χ0n) is 44.9. The number of ether oxygens (including phenoxy) is 2. The number of nitriles is 1. The topological polar surface area (TPSA) is 126 Å². The first-order valence-electron chi connectivity index (χ1n) is 26.0. The molecule has 6 aromatic rings. The lowest BCUT2D eigenvalue weighted by Gasteiger charge is -2.36. The molecule has 0 radical (unpaired) electrons. The van der Waals surface area contributed by atoms with E-state index < -0.39 is 8.32 Å². The van der Waals surface area contributed by atoms with Crippen molar-refractivity contribution in [3.63, 3.8) is 0 Å². The second kappa shape index (κ2) is 21.1. The van der Waals surface area contributed by atoms with Crippen LogP contribution in [0.5, 0.6) is 11.5 Å². The minimum Gasteiger partial charge on any atom is -0.544 e. The number of benzene rings is 4. The first-order valence-corrected chi connectivity index (χ1v) is 28.9. The minimum absolute atomic E-state index is 0.00128. The average Bonchev–Trinajstić information content (AvgIpc) is 3.85. The average molecular weight is 1010 g/mol. The summed E-state index contributed by atoms with van der Waals surface area (Å²) in [4.78, 5) is 52.7. The maximum absolute atomic E-state index is 15.4. The van der Waals surface area contributed by atoms with Gasteiger partial charge in [0, 0.05) is 93.3 Å². The summed E-state index contributed by atoms with van der Waals surface area (Å²) in [7, 11) is 1.62. The van der Waals surface area contributed by atoms with Crippen LogP contribution in [0.1, 0.15) is 93.3 Å². The van der Waals surface area contributed by atoms with Gasteiger partial charge in [-0.05, 0) is 140 Å². The molecule has 1 saturated heterocycles. The van der Waals surface area contributed by atoms with Crippen molar-refractivity contribution in [2.75, 3.05) is 50.9 Å². The van der Waals surface area contributed by atoms with E-state index in [1.165, 1.54) is 5.56 Å². The van der Waals surface area contributed by atoms with Crippen molar-refractivity contribution >= 4 is 37.4 Å². The molecule has 14 heteroatoms. The van der Waals surface area contributed by atoms with Crippen molar-refractivity contribution in [1.82, 2.24) is 23.8 Å². The van der Waals surface area contributed by atoms with Crippen LogP contribution in [0.3, 0.4) is 0 Å². The highest BCUT2D eigenvalue weighted by Gasteiger charge is 2.39. The predicted molar refractivity (Wildman–Crippen MR) is 293 cm³/mol. The predicted octanol–water partition coefficient (Wildman–Crippen LogP) is 10.3. The quantitative estimate of drug-likeness (QED) is 0.105. The largest absolute Gasteiger partial charge is 0.544 e. The van der Waals surface area contributed by atoms with E-state index in [2.05, 4.69) is 76.0 Å². The fourth-order valence-electron chi connectivity index (χ4n) is 10.2. The molecule has 0 spiro atoms. The SMILES string of the molecule is Cc1c(N(C(=O)c2cc(-c3cc4c(cc3C(=O)N3Cc5ccccc5C[C@H]3C)CN(C(=O)Cc3ccc(OCCN5CCOCC5)cc3)CC4)n(C)c2C)c2ccc(O[Si](C)(C)C(C)(C)C)cc2)cc(C#N)n1C. The summed E-state index contributed by atoms with van der Waals surface area (Å²) in [6.45, 7) is 23.1. The molecule has 5 heterocycles. The molecule has 4 aromatic carbocycles. The Kier molecular flexibility index (Phi) is 14.8. The van der Waals surface area contributed by atoms with Gasteiger partial charge in [0.1, 0.15) is 29.9 Å². The van der Waals surface area contributed by atoms with Gasteiger partial charge in [0.05, 0.1) is 30.9 Å². The summed E-state index contributed by atoms with van der Waals surface area (Å²) < 4.78 is 21.9. The lowest BCUT2D eigenvalue weighted by atomic mass is 9.89. The van der Waals surface area contributed by atoms with Gasteiger partial charge in [-0.3, -0.25) is 24.2 Å². The number of nitrogens with zero attached hydrogens (tertiary/aromatic N) is 7. The van der Waals surface area contributed by atoms with Crippen LogP contribution in [0, 0.1) is 25.2 Å². The highest BCUT2D eigenvalue weighted by molar-refractivity contribution is 6.74. The molecule has 74 heavy (non-hydrogen) atoms. The van der Waals surface area contributed by atoms with Gasteiger partial charge in [0.25, 0.3) is 11.8 Å². The van der Waals surface area contributed by atoms with Crippen LogP contribution in [0.25, 0.3) is 11.3 Å². The van der Waals surface area contributed by atoms with Crippen LogP contribution >= 0.6 is 0 Å². The number of carbonyl (C=O) groups is 3. The Hall–Kier alpha value is -6.92. The molecule has 9 rings (SSSR count). The molecule has 0 aliphatic carbocycles. The third-order valence-electron chi connectivity index (χ3n) is 16.1. The molecule has 0 unspecified atom stereocenters. The Morgan fingerprint density at radius 1 is 0.797 bits per heavy atom. The van der Waals surface area contributed by atoms with Crippen LogP contribution < -0.4 is 14.1 Å². The number of amides is 3. The van der Waals surface area contributed by atoms with Gasteiger partial charge in [-0.2, -0.15) is 5.26 Å². The van der Waals surface area contributed by atoms with E-state index in [-0.39, 0.29) is 35.2 Å². The van der Waals surface area contributed by atoms with Gasteiger partial charge in [-0.1, -0.05) is 57.2 Å². The van der Waals surface area contributed by atoms with Gasteiger partial charge in [-0.15, -0.1) is 0 Å². The fraction of sp³-hybridized carbons (Fsp3) is 0.400. The van der Waals surface area contributed by atoms with Gasteiger partial charge in [0.15, 0.2) is 0 Å². The Morgan fingerprint density at radius 2 is 1.49 bits per heavy atom. The molecule has 386 valence electrons. The standard InChI is InChI=1S/C60H71N7O6Si/c1-40-31-44-13-11-12-14-46(44)39-66(40)58(69)54-34-47-38-65(57(68)32-43-15-19-50(20-16-43)72-30-27-64-25-28-71-29-26-64)24-23-45(47)33-53(54)56-36-52(41(2)63(56)8)59(70)67(55-35-49(37-61)62(7)42(55)3)48-17-21-51(22-18-48)73-74(9,10)60(4,5)6/h11-22,33-36,40H,23-32,38-39H2,1-10H3/t40-/m1/s1. The fourth-order valence-corrected chi connectivity index (χ4v) is 11.2. The summed E-state index contributed by atoms with van der Waals surface area (Å²) in [5, 5.41) is 10.1. The summed E-state index contributed by atoms with van der Waals surface area (Å²) in [6, 6.07) is 33.8. The van der Waals surface area contributed by atoms with E-state index in [0.29, 0.717) is 60.9 Å². The van der Waals surface area contributed by atoms with Crippen LogP contribution in [0.2, 0.25) is 18.1 Å². The third-order valence-corrected chi connectivity index (χ3v) is 20.5. The molecule has 2 aromatic heterocycles. The summed E-state index contributed by atoms with van der Waals surface area (Å²) in [6.07, 6.45) is 1.60. The first kappa shape index (κ1) is 52.0. The number of fused-ring (bicyclic) bond motifs is 2. The molecule has 1 atom stereocenters. The smallest absolute Gasteiger partial charge is 0.264 e. The molecule has 3 amide bonds. The maximum Gasteiger partial charge on any atom is 0.264 e. The maximum atomic E-state index is 15.4. The Bertz CT molecular complexity index is 3120. The molecular formula is C60H71N7O6Si. The van der Waals surface area contributed by atoms with Crippen molar-refractivity contribution in [2.24, 2.45) is 14.1 Å². The van der Waals surface area contributed by atoms with Gasteiger partial charge in [0.2, 0.25) is 14.2 Å². The summed E-state index contributed by atoms with van der Waals surface area (Å²) >= 11 is 0. The molecule has 0 saturated carbocycles. The zero-order chi connectivity index (χ0) is 52.6. The highest BCUT2D eigenvalue weighted by atomic mass is 28.4. The van der Waals surface area contributed by atoms with E-state index in [9.17, 15) is 10.1 Å². The van der Waals surface area contributed by atoms with E-state index in [1.807, 2.05) is 109 Å². The van der Waals surface area contributed by atoms with E-state index in [1.54, 1.807) is 15.5 Å². The van der Waals surface area contributed by atoms with Crippen molar-refractivity contribution in [2.45, 2.75) is 98.1 Å². The molecule has 0 bridgehead atoms. The van der Waals surface area contributed by atoms with Crippen LogP contribution in [0.15, 0.2) is 97.1 Å². The van der Waals surface area contributed by atoms with Crippen molar-refractivity contribution in [1.29, 1.82) is 5.26 Å². The monoisotopic (exact) mass is 1010 g/mol. The number of morpholine rings is 1. The van der Waals surface area contributed by atoms with Gasteiger partial charge >= 0.3 is 0 Å². The molecule has 3 aliphatic rings. The van der Waals surface area contributed by atoms with Gasteiger partial charge in [-0.25, -0.2) is 0 Å². The van der Waals surface area contributed by atoms with Crippen molar-refractivity contribution < 1.29 is 28.3 Å². The van der Waals surface area contributed by atoms with Crippen LogP contribution in [-0.4, -0.2) is 102 Å². The van der Waals surface area contributed by atoms with Gasteiger partial charge < -0.3 is 32.8 Å². The number of hydrogen-bond acceptors (Lipinski definition) is 8. The molecule has 1 fully saturated rings. The Morgan fingerprint density at radius 3 is 2.16 bits per heavy atom. The zero-order valence-corrected chi connectivity index (χ0v) is 45.9. The van der Waals surface area contributed by atoms with E-state index in [0.717, 1.165) is 95.7 Å². The highest BCUT2D eigenvalue weighted by Crippen LogP contribution is 2.41. The second-order valence-electron chi connectivity index (χ2n) is 21.9. The number of anilines is 2. The molecule has 13 nitrogen and oxygen atoms in total.